The fourth-order valence-corrected chi connectivity index (χ4v) is 4.01. The van der Waals surface area contributed by atoms with E-state index in [-0.39, 0.29) is 11.6 Å². The Morgan fingerprint density at radius 2 is 1.50 bits per heavy atom. The molecule has 1 aromatic heterocycles. The molecule has 0 spiro atoms. The second kappa shape index (κ2) is 11.4. The first kappa shape index (κ1) is 25.5. The van der Waals surface area contributed by atoms with Crippen molar-refractivity contribution in [1.82, 2.24) is 4.98 Å². The van der Waals surface area contributed by atoms with Gasteiger partial charge in [-0.25, -0.2) is 4.39 Å². The van der Waals surface area contributed by atoms with E-state index in [0.717, 1.165) is 47.2 Å². The highest BCUT2D eigenvalue weighted by Crippen LogP contribution is 2.26. The SMILES string of the molecule is CCCOc1ccc(CCc2ccc3c(F)c(CCc4ccc(OC(F)(F)F)cc4)ccc3c2)nc1. The van der Waals surface area contributed by atoms with Gasteiger partial charge in [-0.05, 0) is 78.4 Å². The van der Waals surface area contributed by atoms with Crippen molar-refractivity contribution in [3.05, 3.63) is 101 Å². The van der Waals surface area contributed by atoms with Crippen molar-refractivity contribution >= 4 is 10.8 Å². The Morgan fingerprint density at radius 3 is 2.19 bits per heavy atom. The normalized spacial score (nSPS) is 11.6. The van der Waals surface area contributed by atoms with Gasteiger partial charge in [-0.2, -0.15) is 0 Å². The maximum absolute atomic E-state index is 15.2. The fourth-order valence-electron chi connectivity index (χ4n) is 4.01. The summed E-state index contributed by atoms with van der Waals surface area (Å²) in [4.78, 5) is 4.46. The number of hydrogen-bond acceptors (Lipinski definition) is 3. The van der Waals surface area contributed by atoms with Crippen LogP contribution in [0.1, 0.15) is 35.7 Å². The van der Waals surface area contributed by atoms with Gasteiger partial charge in [0.2, 0.25) is 0 Å². The number of nitrogens with zero attached hydrogens (tertiary/aromatic N) is 1. The van der Waals surface area contributed by atoms with Crippen LogP contribution in [0.25, 0.3) is 10.8 Å². The van der Waals surface area contributed by atoms with Gasteiger partial charge in [0.25, 0.3) is 0 Å². The highest BCUT2D eigenvalue weighted by molar-refractivity contribution is 5.84. The second-order valence-corrected chi connectivity index (χ2v) is 8.62. The van der Waals surface area contributed by atoms with Gasteiger partial charge in [0.1, 0.15) is 17.3 Å². The van der Waals surface area contributed by atoms with E-state index in [2.05, 4.69) is 16.6 Å². The van der Waals surface area contributed by atoms with Crippen LogP contribution in [0.4, 0.5) is 17.6 Å². The van der Waals surface area contributed by atoms with Crippen molar-refractivity contribution in [2.45, 2.75) is 45.4 Å². The molecule has 0 aliphatic rings. The van der Waals surface area contributed by atoms with E-state index >= 15 is 4.39 Å². The molecular formula is C29H27F4NO2. The summed E-state index contributed by atoms with van der Waals surface area (Å²) >= 11 is 0. The number of hydrogen-bond donors (Lipinski definition) is 0. The number of pyridine rings is 1. The van der Waals surface area contributed by atoms with E-state index < -0.39 is 6.36 Å². The molecule has 0 bridgehead atoms. The third-order valence-corrected chi connectivity index (χ3v) is 5.88. The zero-order chi connectivity index (χ0) is 25.5. The van der Waals surface area contributed by atoms with Gasteiger partial charge in [-0.3, -0.25) is 4.98 Å². The summed E-state index contributed by atoms with van der Waals surface area (Å²) in [6.07, 6.45) is 0.468. The molecule has 0 aliphatic heterocycles. The predicted molar refractivity (Wildman–Crippen MR) is 132 cm³/mol. The molecule has 0 aliphatic carbocycles. The Morgan fingerprint density at radius 1 is 0.778 bits per heavy atom. The third-order valence-electron chi connectivity index (χ3n) is 5.88. The van der Waals surface area contributed by atoms with Crippen LogP contribution in [-0.2, 0) is 25.7 Å². The average molecular weight is 498 g/mol. The summed E-state index contributed by atoms with van der Waals surface area (Å²) in [5.74, 6) is 0.234. The van der Waals surface area contributed by atoms with Crippen LogP contribution in [0.15, 0.2) is 72.9 Å². The monoisotopic (exact) mass is 497 g/mol. The molecule has 0 unspecified atom stereocenters. The standard InChI is InChI=1S/C29H27F4NO2/c1-2-17-35-26-15-12-24(34-19-26)11-4-21-7-16-27-23(18-21)10-9-22(28(27)30)8-3-20-5-13-25(14-6-20)36-29(31,32)33/h5-7,9-10,12-16,18-19H,2-4,8,11,17H2,1H3. The number of aryl methyl sites for hydroxylation is 4. The predicted octanol–water partition coefficient (Wildman–Crippen LogP) is 7.63. The number of rotatable bonds is 10. The summed E-state index contributed by atoms with van der Waals surface area (Å²) < 4.78 is 61.5. The van der Waals surface area contributed by atoms with E-state index in [9.17, 15) is 13.2 Å². The number of alkyl halides is 3. The lowest BCUT2D eigenvalue weighted by Gasteiger charge is -2.10. The largest absolute Gasteiger partial charge is 0.573 e. The molecule has 0 fully saturated rings. The van der Waals surface area contributed by atoms with Crippen molar-refractivity contribution in [3.8, 4) is 11.5 Å². The van der Waals surface area contributed by atoms with Gasteiger partial charge in [0, 0.05) is 11.1 Å². The van der Waals surface area contributed by atoms with Crippen molar-refractivity contribution < 1.29 is 27.0 Å². The van der Waals surface area contributed by atoms with E-state index in [1.54, 1.807) is 24.4 Å². The van der Waals surface area contributed by atoms with Gasteiger partial charge >= 0.3 is 6.36 Å². The fraction of sp³-hybridized carbons (Fsp3) is 0.276. The Balaban J connectivity index is 1.36. The van der Waals surface area contributed by atoms with Crippen LogP contribution in [0.2, 0.25) is 0 Å². The average Bonchev–Trinajstić information content (AvgIpc) is 2.86. The summed E-state index contributed by atoms with van der Waals surface area (Å²) in [5.41, 5.74) is 3.45. The van der Waals surface area contributed by atoms with Crippen LogP contribution in [-0.4, -0.2) is 18.0 Å². The van der Waals surface area contributed by atoms with Crippen molar-refractivity contribution in [2.75, 3.05) is 6.61 Å². The van der Waals surface area contributed by atoms with E-state index in [4.69, 9.17) is 4.74 Å². The van der Waals surface area contributed by atoms with E-state index in [1.807, 2.05) is 36.4 Å². The maximum atomic E-state index is 15.2. The first-order valence-electron chi connectivity index (χ1n) is 11.9. The summed E-state index contributed by atoms with van der Waals surface area (Å²) in [6.45, 7) is 2.73. The van der Waals surface area contributed by atoms with Gasteiger partial charge in [0.05, 0.1) is 12.8 Å². The third kappa shape index (κ3) is 6.97. The van der Waals surface area contributed by atoms with Gasteiger partial charge in [-0.15, -0.1) is 13.2 Å². The first-order chi connectivity index (χ1) is 17.3. The van der Waals surface area contributed by atoms with E-state index in [1.165, 1.54) is 12.1 Å². The lowest BCUT2D eigenvalue weighted by Crippen LogP contribution is -2.17. The zero-order valence-electron chi connectivity index (χ0n) is 19.9. The molecule has 3 aromatic carbocycles. The molecule has 0 atom stereocenters. The smallest absolute Gasteiger partial charge is 0.492 e. The Hall–Kier alpha value is -3.61. The zero-order valence-corrected chi connectivity index (χ0v) is 19.9. The number of fused-ring (bicyclic) bond motifs is 1. The molecule has 0 saturated carbocycles. The minimum absolute atomic E-state index is 0.264. The van der Waals surface area contributed by atoms with Crippen molar-refractivity contribution in [2.24, 2.45) is 0 Å². The highest BCUT2D eigenvalue weighted by atomic mass is 19.4. The van der Waals surface area contributed by atoms with E-state index in [0.29, 0.717) is 30.4 Å². The lowest BCUT2D eigenvalue weighted by atomic mass is 9.98. The van der Waals surface area contributed by atoms with Crippen LogP contribution < -0.4 is 9.47 Å². The Bertz CT molecular complexity index is 1290. The summed E-state index contributed by atoms with van der Waals surface area (Å²) in [7, 11) is 0. The molecule has 3 nitrogen and oxygen atoms in total. The highest BCUT2D eigenvalue weighted by Gasteiger charge is 2.30. The molecule has 1 heterocycles. The molecule has 0 amide bonds. The molecule has 188 valence electrons. The number of halogens is 4. The Kier molecular flexibility index (Phi) is 8.08. The van der Waals surface area contributed by atoms with Crippen LogP contribution in [0.5, 0.6) is 11.5 Å². The number of ether oxygens (including phenoxy) is 2. The van der Waals surface area contributed by atoms with Gasteiger partial charge in [0.15, 0.2) is 0 Å². The topological polar surface area (TPSA) is 31.4 Å². The molecule has 0 radical (unpaired) electrons. The Labute approximate surface area is 207 Å². The lowest BCUT2D eigenvalue weighted by molar-refractivity contribution is -0.274. The summed E-state index contributed by atoms with van der Waals surface area (Å²) in [5, 5.41) is 1.39. The quantitative estimate of drug-likeness (QED) is 0.211. The minimum Gasteiger partial charge on any atom is -0.492 e. The minimum atomic E-state index is -4.72. The molecule has 36 heavy (non-hydrogen) atoms. The molecule has 0 N–H and O–H groups in total. The number of aromatic nitrogens is 1. The van der Waals surface area contributed by atoms with Crippen molar-refractivity contribution in [1.29, 1.82) is 0 Å². The van der Waals surface area contributed by atoms with Gasteiger partial charge in [-0.1, -0.05) is 49.4 Å². The first-order valence-corrected chi connectivity index (χ1v) is 11.9. The molecule has 0 saturated heterocycles. The van der Waals surface area contributed by atoms with Crippen molar-refractivity contribution in [3.63, 3.8) is 0 Å². The second-order valence-electron chi connectivity index (χ2n) is 8.62. The van der Waals surface area contributed by atoms with Crippen LogP contribution in [0.3, 0.4) is 0 Å². The molecule has 4 aromatic rings. The maximum Gasteiger partial charge on any atom is 0.573 e. The molecular weight excluding hydrogens is 470 g/mol. The molecule has 7 heteroatoms. The summed E-state index contributed by atoms with van der Waals surface area (Å²) in [6, 6.07) is 19.0. The van der Waals surface area contributed by atoms with Crippen LogP contribution >= 0.6 is 0 Å². The number of benzene rings is 3. The van der Waals surface area contributed by atoms with Gasteiger partial charge < -0.3 is 9.47 Å². The molecule has 4 rings (SSSR count). The van der Waals surface area contributed by atoms with Crippen LogP contribution in [0, 0.1) is 5.82 Å².